The molecule has 0 saturated carbocycles. The third-order valence-electron chi connectivity index (χ3n) is 5.84. The third-order valence-corrected chi connectivity index (χ3v) is 7.04. The summed E-state index contributed by atoms with van der Waals surface area (Å²) < 4.78 is 70.2. The lowest BCUT2D eigenvalue weighted by atomic mass is 10.1. The third kappa shape index (κ3) is 8.93. The van der Waals surface area contributed by atoms with E-state index in [1.54, 1.807) is 31.2 Å². The number of anilines is 1. The van der Waals surface area contributed by atoms with E-state index in [0.29, 0.717) is 12.3 Å². The number of carbonyl (C=O) groups is 2. The molecule has 0 fully saturated rings. The van der Waals surface area contributed by atoms with Crippen LogP contribution in [0.1, 0.15) is 44.2 Å². The summed E-state index contributed by atoms with van der Waals surface area (Å²) in [5.41, 5.74) is -0.356. The van der Waals surface area contributed by atoms with Crippen LogP contribution >= 0.6 is 0 Å². The summed E-state index contributed by atoms with van der Waals surface area (Å²) in [5, 5.41) is 2.77. The zero-order chi connectivity index (χ0) is 28.5. The molecule has 0 heterocycles. The van der Waals surface area contributed by atoms with E-state index in [9.17, 15) is 31.2 Å². The summed E-state index contributed by atoms with van der Waals surface area (Å²) in [6.07, 6.45) is -3.10. The second kappa shape index (κ2) is 13.5. The number of benzene rings is 2. The molecule has 210 valence electrons. The van der Waals surface area contributed by atoms with Crippen LogP contribution in [0.3, 0.4) is 0 Å². The average Bonchev–Trinajstić information content (AvgIpc) is 2.87. The van der Waals surface area contributed by atoms with Crippen molar-refractivity contribution in [3.05, 3.63) is 59.7 Å². The van der Waals surface area contributed by atoms with Crippen molar-refractivity contribution in [2.24, 2.45) is 0 Å². The highest BCUT2D eigenvalue weighted by Gasteiger charge is 2.32. The summed E-state index contributed by atoms with van der Waals surface area (Å²) >= 11 is 0. The largest absolute Gasteiger partial charge is 0.497 e. The average molecular weight is 558 g/mol. The van der Waals surface area contributed by atoms with E-state index in [1.165, 1.54) is 18.1 Å². The Hall–Kier alpha value is -3.28. The molecule has 1 unspecified atom stereocenters. The number of sulfonamides is 1. The molecule has 0 radical (unpaired) electrons. The molecule has 2 aromatic carbocycles. The fourth-order valence-corrected chi connectivity index (χ4v) is 4.70. The van der Waals surface area contributed by atoms with Gasteiger partial charge in [-0.05, 0) is 55.7 Å². The maximum atomic E-state index is 13.2. The number of methoxy groups -OCH3 is 1. The summed E-state index contributed by atoms with van der Waals surface area (Å²) in [6, 6.07) is 10.2. The van der Waals surface area contributed by atoms with Crippen LogP contribution in [-0.4, -0.2) is 57.6 Å². The molecule has 0 spiro atoms. The van der Waals surface area contributed by atoms with Crippen LogP contribution in [0.25, 0.3) is 0 Å². The van der Waals surface area contributed by atoms with Gasteiger partial charge in [0.25, 0.3) is 0 Å². The molecular formula is C26H34F3N3O5S. The van der Waals surface area contributed by atoms with E-state index in [1.807, 2.05) is 6.92 Å². The molecular weight excluding hydrogens is 523 g/mol. The predicted molar refractivity (Wildman–Crippen MR) is 139 cm³/mol. The number of ether oxygens (including phenoxy) is 1. The number of hydrogen-bond acceptors (Lipinski definition) is 5. The van der Waals surface area contributed by atoms with Crippen LogP contribution in [-0.2, 0) is 32.3 Å². The maximum absolute atomic E-state index is 13.2. The second-order valence-electron chi connectivity index (χ2n) is 8.82. The highest BCUT2D eigenvalue weighted by atomic mass is 32.2. The van der Waals surface area contributed by atoms with Gasteiger partial charge in [-0.15, -0.1) is 0 Å². The fourth-order valence-electron chi connectivity index (χ4n) is 3.75. The summed E-state index contributed by atoms with van der Waals surface area (Å²) in [4.78, 5) is 27.3. The summed E-state index contributed by atoms with van der Waals surface area (Å²) in [6.45, 7) is 3.89. The first-order valence-corrected chi connectivity index (χ1v) is 14.0. The monoisotopic (exact) mass is 557 g/mol. The number of nitrogens with zero attached hydrogens (tertiary/aromatic N) is 2. The lowest BCUT2D eigenvalue weighted by Gasteiger charge is -2.29. The van der Waals surface area contributed by atoms with Crippen molar-refractivity contribution < 1.29 is 35.9 Å². The van der Waals surface area contributed by atoms with E-state index in [-0.39, 0.29) is 37.5 Å². The Morgan fingerprint density at radius 3 is 2.32 bits per heavy atom. The second-order valence-corrected chi connectivity index (χ2v) is 10.7. The Bertz CT molecular complexity index is 1190. The van der Waals surface area contributed by atoms with E-state index in [4.69, 9.17) is 4.74 Å². The molecule has 0 aliphatic carbocycles. The van der Waals surface area contributed by atoms with Gasteiger partial charge in [0.05, 0.1) is 24.6 Å². The first-order chi connectivity index (χ1) is 17.8. The first kappa shape index (κ1) is 30.9. The lowest BCUT2D eigenvalue weighted by molar-refractivity contribution is -0.140. The van der Waals surface area contributed by atoms with Crippen molar-refractivity contribution in [1.82, 2.24) is 10.2 Å². The van der Waals surface area contributed by atoms with Crippen LogP contribution < -0.4 is 14.4 Å². The van der Waals surface area contributed by atoms with E-state index in [2.05, 4.69) is 5.32 Å². The molecule has 1 N–H and O–H groups in total. The Kier molecular flexibility index (Phi) is 11.0. The van der Waals surface area contributed by atoms with Crippen molar-refractivity contribution in [1.29, 1.82) is 0 Å². The number of alkyl halides is 3. The number of nitrogens with one attached hydrogen (secondary N) is 1. The topological polar surface area (TPSA) is 96.0 Å². The maximum Gasteiger partial charge on any atom is 0.416 e. The van der Waals surface area contributed by atoms with Gasteiger partial charge >= 0.3 is 6.18 Å². The van der Waals surface area contributed by atoms with Gasteiger partial charge in [-0.2, -0.15) is 13.2 Å². The van der Waals surface area contributed by atoms with Crippen molar-refractivity contribution in [2.45, 2.75) is 51.9 Å². The van der Waals surface area contributed by atoms with E-state index >= 15 is 0 Å². The fraction of sp³-hybridized carbons (Fsp3) is 0.462. The molecule has 2 aromatic rings. The Morgan fingerprint density at radius 2 is 1.76 bits per heavy atom. The minimum absolute atomic E-state index is 0.0323. The number of rotatable bonds is 13. The molecule has 0 saturated heterocycles. The van der Waals surface area contributed by atoms with E-state index in [0.717, 1.165) is 40.7 Å². The molecule has 2 rings (SSSR count). The van der Waals surface area contributed by atoms with Crippen molar-refractivity contribution in [2.75, 3.05) is 30.8 Å². The first-order valence-electron chi connectivity index (χ1n) is 12.1. The van der Waals surface area contributed by atoms with Crippen molar-refractivity contribution in [3.8, 4) is 5.75 Å². The molecule has 0 aliphatic rings. The molecule has 0 aromatic heterocycles. The van der Waals surface area contributed by atoms with Gasteiger partial charge in [-0.3, -0.25) is 13.9 Å². The van der Waals surface area contributed by atoms with Crippen LogP contribution in [0.15, 0.2) is 48.5 Å². The minimum Gasteiger partial charge on any atom is -0.497 e. The zero-order valence-corrected chi connectivity index (χ0v) is 22.7. The number of hydrogen-bond donors (Lipinski definition) is 1. The van der Waals surface area contributed by atoms with Crippen LogP contribution in [0, 0.1) is 0 Å². The highest BCUT2D eigenvalue weighted by Crippen LogP contribution is 2.32. The molecule has 0 bridgehead atoms. The Balaban J connectivity index is 2.20. The van der Waals surface area contributed by atoms with Gasteiger partial charge < -0.3 is 15.0 Å². The van der Waals surface area contributed by atoms with Gasteiger partial charge in [-0.1, -0.05) is 25.1 Å². The number of halogens is 3. The quantitative estimate of drug-likeness (QED) is 0.398. The summed E-state index contributed by atoms with van der Waals surface area (Å²) in [5.74, 6) is -0.0799. The van der Waals surface area contributed by atoms with Gasteiger partial charge in [0.1, 0.15) is 11.8 Å². The van der Waals surface area contributed by atoms with Gasteiger partial charge in [0.2, 0.25) is 21.8 Å². The normalized spacial score (nSPS) is 12.5. The molecule has 0 aliphatic heterocycles. The lowest BCUT2D eigenvalue weighted by Crippen LogP contribution is -2.47. The zero-order valence-electron chi connectivity index (χ0n) is 21.9. The van der Waals surface area contributed by atoms with Crippen molar-refractivity contribution >= 4 is 27.5 Å². The predicted octanol–water partition coefficient (Wildman–Crippen LogP) is 4.20. The number of amides is 2. The molecule has 8 nitrogen and oxygen atoms in total. The van der Waals surface area contributed by atoms with Crippen LogP contribution in [0.2, 0.25) is 0 Å². The standard InChI is InChI=1S/C26H34F3N3O5S/c1-5-15-30-25(34)19(2)31(18-20-11-13-23(37-3)14-12-20)24(33)10-7-16-32(38(4,35)36)22-9-6-8-21(17-22)26(27,28)29/h6,8-9,11-14,17,19H,5,7,10,15-16,18H2,1-4H3,(H,30,34). The summed E-state index contributed by atoms with van der Waals surface area (Å²) in [7, 11) is -2.40. The van der Waals surface area contributed by atoms with Gasteiger partial charge in [0, 0.05) is 26.1 Å². The molecule has 2 amide bonds. The van der Waals surface area contributed by atoms with Crippen molar-refractivity contribution in [3.63, 3.8) is 0 Å². The van der Waals surface area contributed by atoms with Crippen LogP contribution in [0.4, 0.5) is 18.9 Å². The van der Waals surface area contributed by atoms with E-state index < -0.39 is 33.7 Å². The SMILES string of the molecule is CCCNC(=O)C(C)N(Cc1ccc(OC)cc1)C(=O)CCCN(c1cccc(C(F)(F)F)c1)S(C)(=O)=O. The Morgan fingerprint density at radius 1 is 1.11 bits per heavy atom. The minimum atomic E-state index is -4.63. The molecule has 1 atom stereocenters. The smallest absolute Gasteiger partial charge is 0.416 e. The van der Waals surface area contributed by atoms with Gasteiger partial charge in [0.15, 0.2) is 0 Å². The molecule has 38 heavy (non-hydrogen) atoms. The highest BCUT2D eigenvalue weighted by molar-refractivity contribution is 7.92. The molecule has 12 heteroatoms. The van der Waals surface area contributed by atoms with Gasteiger partial charge in [-0.25, -0.2) is 8.42 Å². The Labute approximate surface area is 221 Å². The number of carbonyl (C=O) groups excluding carboxylic acids is 2. The van der Waals surface area contributed by atoms with Crippen LogP contribution in [0.5, 0.6) is 5.75 Å².